The molecule has 0 unspecified atom stereocenters. The van der Waals surface area contributed by atoms with E-state index in [1.54, 1.807) is 0 Å². The van der Waals surface area contributed by atoms with Crippen LogP contribution in [0.1, 0.15) is 57.6 Å². The van der Waals surface area contributed by atoms with Gasteiger partial charge in [0.15, 0.2) is 5.78 Å². The summed E-state index contributed by atoms with van der Waals surface area (Å²) in [6.07, 6.45) is 6.92. The van der Waals surface area contributed by atoms with E-state index in [9.17, 15) is 4.79 Å². The van der Waals surface area contributed by atoms with Crippen LogP contribution in [-0.2, 0) is 16.0 Å². The molecule has 1 spiro atoms. The van der Waals surface area contributed by atoms with Gasteiger partial charge in [-0.25, -0.2) is 0 Å². The van der Waals surface area contributed by atoms with E-state index in [-0.39, 0.29) is 5.78 Å². The van der Waals surface area contributed by atoms with Crippen LogP contribution in [-0.4, -0.2) is 17.0 Å². The summed E-state index contributed by atoms with van der Waals surface area (Å²) in [5.41, 5.74) is 2.15. The van der Waals surface area contributed by atoms with Crippen LogP contribution in [0.15, 0.2) is 28.2 Å². The molecule has 0 bridgehead atoms. The van der Waals surface area contributed by atoms with Gasteiger partial charge in [-0.05, 0) is 75.3 Å². The first-order chi connectivity index (χ1) is 10.4. The van der Waals surface area contributed by atoms with Crippen molar-refractivity contribution in [3.05, 3.63) is 39.4 Å². The molecule has 3 heteroatoms. The molecule has 22 heavy (non-hydrogen) atoms. The third-order valence-electron chi connectivity index (χ3n) is 4.95. The predicted molar refractivity (Wildman–Crippen MR) is 92.9 cm³/mol. The van der Waals surface area contributed by atoms with E-state index in [1.807, 2.05) is 19.9 Å². The van der Waals surface area contributed by atoms with Crippen molar-refractivity contribution in [3.8, 4) is 0 Å². The molecule has 0 radical (unpaired) electrons. The summed E-state index contributed by atoms with van der Waals surface area (Å²) in [5.74, 6) is 0.208. The molecule has 1 heterocycles. The van der Waals surface area contributed by atoms with Gasteiger partial charge in [-0.3, -0.25) is 4.79 Å². The zero-order valence-corrected chi connectivity index (χ0v) is 15.1. The van der Waals surface area contributed by atoms with E-state index in [1.165, 1.54) is 5.56 Å². The average molecular weight is 363 g/mol. The topological polar surface area (TPSA) is 26.3 Å². The molecular formula is C19H23BrO2. The molecule has 118 valence electrons. The quantitative estimate of drug-likeness (QED) is 0.685. The maximum atomic E-state index is 13.0. The smallest absolute Gasteiger partial charge is 0.193 e. The number of benzene rings is 1. The zero-order valence-electron chi connectivity index (χ0n) is 13.5. The van der Waals surface area contributed by atoms with Crippen molar-refractivity contribution in [3.63, 3.8) is 0 Å². The summed E-state index contributed by atoms with van der Waals surface area (Å²) in [4.78, 5) is 13.0. The minimum absolute atomic E-state index is 0.208. The molecule has 1 aliphatic heterocycles. The maximum Gasteiger partial charge on any atom is 0.193 e. The molecule has 2 aliphatic rings. The zero-order chi connectivity index (χ0) is 16.0. The Hall–Kier alpha value is -0.930. The molecule has 1 saturated carbocycles. The van der Waals surface area contributed by atoms with E-state index in [2.05, 4.69) is 41.1 Å². The first kappa shape index (κ1) is 15.9. The van der Waals surface area contributed by atoms with E-state index in [4.69, 9.17) is 4.74 Å². The monoisotopic (exact) mass is 362 g/mol. The summed E-state index contributed by atoms with van der Waals surface area (Å²) in [5, 5.41) is 0. The Morgan fingerprint density at radius 3 is 2.59 bits per heavy atom. The van der Waals surface area contributed by atoms with Crippen molar-refractivity contribution in [2.24, 2.45) is 0 Å². The molecule has 0 aromatic heterocycles. The van der Waals surface area contributed by atoms with Crippen molar-refractivity contribution in [1.82, 2.24) is 0 Å². The maximum absolute atomic E-state index is 13.0. The lowest BCUT2D eigenvalue weighted by Crippen LogP contribution is -2.33. The lowest BCUT2D eigenvalue weighted by Gasteiger charge is -2.25. The van der Waals surface area contributed by atoms with Gasteiger partial charge in [0.1, 0.15) is 5.60 Å². The average Bonchev–Trinajstić information content (AvgIpc) is 2.99. The first-order valence-electron chi connectivity index (χ1n) is 8.13. The summed E-state index contributed by atoms with van der Waals surface area (Å²) in [6, 6.07) is 6.24. The number of carbonyl (C=O) groups excluding carboxylic acids is 1. The number of halogens is 1. The van der Waals surface area contributed by atoms with Crippen LogP contribution >= 0.6 is 15.9 Å². The van der Waals surface area contributed by atoms with Crippen molar-refractivity contribution in [2.75, 3.05) is 0 Å². The van der Waals surface area contributed by atoms with E-state index in [0.717, 1.165) is 47.7 Å². The van der Waals surface area contributed by atoms with Crippen molar-refractivity contribution in [1.29, 1.82) is 0 Å². The standard InChI is InChI=1S/C19H23BrO2/c1-4-13-11-15(20)8-7-14(13)12-16-17(21)19(9-5-6-10-19)22-18(16,2)3/h7-8,11-12H,4-6,9-10H2,1-3H3/b16-12-. The highest BCUT2D eigenvalue weighted by atomic mass is 79.9. The Bertz CT molecular complexity index is 637. The summed E-state index contributed by atoms with van der Waals surface area (Å²) in [7, 11) is 0. The van der Waals surface area contributed by atoms with Gasteiger partial charge in [-0.1, -0.05) is 28.9 Å². The van der Waals surface area contributed by atoms with Crippen molar-refractivity contribution >= 4 is 27.8 Å². The molecule has 3 rings (SSSR count). The van der Waals surface area contributed by atoms with E-state index < -0.39 is 11.2 Å². The molecular weight excluding hydrogens is 340 g/mol. The van der Waals surface area contributed by atoms with E-state index in [0.29, 0.717) is 0 Å². The van der Waals surface area contributed by atoms with Gasteiger partial charge < -0.3 is 4.74 Å². The summed E-state index contributed by atoms with van der Waals surface area (Å²) in [6.45, 7) is 6.18. The lowest BCUT2D eigenvalue weighted by atomic mass is 9.87. The van der Waals surface area contributed by atoms with Crippen molar-refractivity contribution in [2.45, 2.75) is 64.1 Å². The number of hydrogen-bond donors (Lipinski definition) is 0. The van der Waals surface area contributed by atoms with Crippen molar-refractivity contribution < 1.29 is 9.53 Å². The molecule has 1 aromatic carbocycles. The third kappa shape index (κ3) is 2.59. The molecule has 1 aliphatic carbocycles. The van der Waals surface area contributed by atoms with Gasteiger partial charge in [0.25, 0.3) is 0 Å². The van der Waals surface area contributed by atoms with Gasteiger partial charge in [0, 0.05) is 10.0 Å². The van der Waals surface area contributed by atoms with Gasteiger partial charge in [0.2, 0.25) is 0 Å². The van der Waals surface area contributed by atoms with Crippen LogP contribution in [0.2, 0.25) is 0 Å². The Labute approximate surface area is 141 Å². The lowest BCUT2D eigenvalue weighted by molar-refractivity contribution is -0.136. The van der Waals surface area contributed by atoms with Gasteiger partial charge in [0.05, 0.1) is 5.60 Å². The van der Waals surface area contributed by atoms with Gasteiger partial charge in [-0.2, -0.15) is 0 Å². The van der Waals surface area contributed by atoms with Crippen LogP contribution in [0.25, 0.3) is 6.08 Å². The first-order valence-corrected chi connectivity index (χ1v) is 8.93. The molecule has 1 aromatic rings. The molecule has 2 fully saturated rings. The number of hydrogen-bond acceptors (Lipinski definition) is 2. The fourth-order valence-electron chi connectivity index (χ4n) is 3.80. The minimum Gasteiger partial charge on any atom is -0.356 e. The fourth-order valence-corrected chi connectivity index (χ4v) is 4.21. The Balaban J connectivity index is 2.05. The third-order valence-corrected chi connectivity index (χ3v) is 5.45. The number of rotatable bonds is 2. The highest BCUT2D eigenvalue weighted by Crippen LogP contribution is 2.48. The number of ether oxygens (including phenoxy) is 1. The minimum atomic E-state index is -0.545. The normalized spacial score (nSPS) is 24.5. The van der Waals surface area contributed by atoms with Crippen LogP contribution in [0.5, 0.6) is 0 Å². The molecule has 2 nitrogen and oxygen atoms in total. The molecule has 0 amide bonds. The molecule has 0 N–H and O–H groups in total. The second-order valence-electron chi connectivity index (χ2n) is 6.90. The van der Waals surface area contributed by atoms with Crippen LogP contribution in [0, 0.1) is 0 Å². The Morgan fingerprint density at radius 2 is 1.95 bits per heavy atom. The number of Topliss-reactive ketones (excluding diaryl/α,β-unsaturated/α-hetero) is 1. The Kier molecular flexibility index (Phi) is 4.07. The highest BCUT2D eigenvalue weighted by Gasteiger charge is 2.55. The molecule has 1 saturated heterocycles. The Morgan fingerprint density at radius 1 is 1.27 bits per heavy atom. The number of carbonyl (C=O) groups is 1. The highest BCUT2D eigenvalue weighted by molar-refractivity contribution is 9.10. The second kappa shape index (κ2) is 5.61. The SMILES string of the molecule is CCc1cc(Br)ccc1/C=C1/C(=O)C2(CCCC2)OC1(C)C. The van der Waals surface area contributed by atoms with Crippen LogP contribution in [0.4, 0.5) is 0 Å². The number of aryl methyl sites for hydroxylation is 1. The van der Waals surface area contributed by atoms with Crippen LogP contribution < -0.4 is 0 Å². The van der Waals surface area contributed by atoms with E-state index >= 15 is 0 Å². The second-order valence-corrected chi connectivity index (χ2v) is 7.81. The molecule has 0 atom stereocenters. The van der Waals surface area contributed by atoms with Gasteiger partial charge in [-0.15, -0.1) is 0 Å². The largest absolute Gasteiger partial charge is 0.356 e. The van der Waals surface area contributed by atoms with Gasteiger partial charge >= 0.3 is 0 Å². The summed E-state index contributed by atoms with van der Waals surface area (Å²) >= 11 is 3.52. The fraction of sp³-hybridized carbons (Fsp3) is 0.526. The summed E-state index contributed by atoms with van der Waals surface area (Å²) < 4.78 is 7.34. The predicted octanol–water partition coefficient (Wildman–Crippen LogP) is 5.09. The number of ketones is 1. The van der Waals surface area contributed by atoms with Crippen LogP contribution in [0.3, 0.4) is 0 Å².